The van der Waals surface area contributed by atoms with Crippen LogP contribution in [0.25, 0.3) is 0 Å². The van der Waals surface area contributed by atoms with Crippen molar-refractivity contribution in [3.05, 3.63) is 70.2 Å². The monoisotopic (exact) mass is 370 g/mol. The van der Waals surface area contributed by atoms with E-state index >= 15 is 0 Å². The summed E-state index contributed by atoms with van der Waals surface area (Å²) in [5.74, 6) is 0.355. The van der Waals surface area contributed by atoms with E-state index < -0.39 is 0 Å². The Labute approximate surface area is 155 Å². The number of thiazole rings is 1. The van der Waals surface area contributed by atoms with Gasteiger partial charge in [0.15, 0.2) is 0 Å². The van der Waals surface area contributed by atoms with E-state index in [4.69, 9.17) is 4.74 Å². The molecule has 0 aliphatic rings. The molecule has 2 aromatic carbocycles. The molecule has 1 aromatic heterocycles. The summed E-state index contributed by atoms with van der Waals surface area (Å²) in [6, 6.07) is 15.0. The van der Waals surface area contributed by atoms with Gasteiger partial charge in [-0.05, 0) is 49.6 Å². The van der Waals surface area contributed by atoms with E-state index in [-0.39, 0.29) is 5.91 Å². The van der Waals surface area contributed by atoms with Crippen LogP contribution in [0.15, 0.2) is 58.8 Å². The number of rotatable bonds is 6. The summed E-state index contributed by atoms with van der Waals surface area (Å²) < 4.78 is 5.81. The molecule has 0 saturated heterocycles. The van der Waals surface area contributed by atoms with Crippen molar-refractivity contribution in [1.82, 2.24) is 4.98 Å². The Bertz CT molecular complexity index is 860. The fraction of sp³-hybridized carbons (Fsp3) is 0.158. The van der Waals surface area contributed by atoms with Crippen molar-refractivity contribution in [1.29, 1.82) is 0 Å². The van der Waals surface area contributed by atoms with Gasteiger partial charge in [-0.3, -0.25) is 4.79 Å². The van der Waals surface area contributed by atoms with Gasteiger partial charge < -0.3 is 10.1 Å². The number of hydrogen-bond acceptors (Lipinski definition) is 5. The highest BCUT2D eigenvalue weighted by atomic mass is 32.2. The van der Waals surface area contributed by atoms with Crippen LogP contribution in [0.3, 0.4) is 0 Å². The van der Waals surface area contributed by atoms with E-state index in [9.17, 15) is 4.79 Å². The molecule has 3 rings (SSSR count). The molecular weight excluding hydrogens is 352 g/mol. The van der Waals surface area contributed by atoms with Gasteiger partial charge in [0.1, 0.15) is 12.4 Å². The van der Waals surface area contributed by atoms with Crippen LogP contribution in [0.4, 0.5) is 5.69 Å². The van der Waals surface area contributed by atoms with Crippen LogP contribution in [0, 0.1) is 6.92 Å². The number of anilines is 1. The number of benzene rings is 2. The molecule has 25 heavy (non-hydrogen) atoms. The molecule has 1 N–H and O–H groups in total. The van der Waals surface area contributed by atoms with Crippen LogP contribution in [-0.2, 0) is 6.61 Å². The van der Waals surface area contributed by atoms with Gasteiger partial charge in [0.2, 0.25) is 0 Å². The van der Waals surface area contributed by atoms with Gasteiger partial charge >= 0.3 is 0 Å². The molecule has 0 spiro atoms. The lowest BCUT2D eigenvalue weighted by molar-refractivity contribution is 0.102. The second-order valence-electron chi connectivity index (χ2n) is 5.33. The van der Waals surface area contributed by atoms with Crippen molar-refractivity contribution in [2.45, 2.75) is 18.4 Å². The van der Waals surface area contributed by atoms with E-state index in [2.05, 4.69) is 10.3 Å². The Kier molecular flexibility index (Phi) is 5.73. The van der Waals surface area contributed by atoms with E-state index in [1.165, 1.54) is 0 Å². The predicted molar refractivity (Wildman–Crippen MR) is 104 cm³/mol. The smallest absolute Gasteiger partial charge is 0.259 e. The number of carbonyl (C=O) groups is 1. The maximum Gasteiger partial charge on any atom is 0.259 e. The van der Waals surface area contributed by atoms with Crippen molar-refractivity contribution in [2.24, 2.45) is 0 Å². The van der Waals surface area contributed by atoms with Crippen molar-refractivity contribution in [3.8, 4) is 5.75 Å². The molecule has 0 aliphatic carbocycles. The molecule has 0 aliphatic heterocycles. The highest BCUT2D eigenvalue weighted by Gasteiger charge is 2.13. The lowest BCUT2D eigenvalue weighted by atomic mass is 10.2. The maximum atomic E-state index is 12.6. The van der Waals surface area contributed by atoms with Gasteiger partial charge in [0.05, 0.1) is 16.3 Å². The van der Waals surface area contributed by atoms with Crippen molar-refractivity contribution >= 4 is 34.7 Å². The van der Waals surface area contributed by atoms with Gasteiger partial charge in [-0.2, -0.15) is 0 Å². The van der Waals surface area contributed by atoms with Crippen molar-refractivity contribution in [3.63, 3.8) is 0 Å². The van der Waals surface area contributed by atoms with Gasteiger partial charge in [-0.1, -0.05) is 12.1 Å². The molecule has 3 aromatic rings. The molecule has 0 radical (unpaired) electrons. The highest BCUT2D eigenvalue weighted by molar-refractivity contribution is 7.98. The predicted octanol–water partition coefficient (Wildman–Crippen LogP) is 5.00. The van der Waals surface area contributed by atoms with E-state index in [1.807, 2.05) is 55.0 Å². The van der Waals surface area contributed by atoms with Crippen LogP contribution in [0.2, 0.25) is 0 Å². The molecular formula is C19H18N2O2S2. The first-order valence-electron chi connectivity index (χ1n) is 7.74. The molecule has 0 unspecified atom stereocenters. The number of carbonyl (C=O) groups excluding carboxylic acids is 1. The molecule has 0 atom stereocenters. The third-order valence-electron chi connectivity index (χ3n) is 3.52. The van der Waals surface area contributed by atoms with Gasteiger partial charge in [-0.25, -0.2) is 4.98 Å². The SMILES string of the molecule is CSc1ccc(NC(=O)c2ccccc2OCc2csc(C)n2)cc1. The molecule has 0 bridgehead atoms. The minimum absolute atomic E-state index is 0.193. The fourth-order valence-electron chi connectivity index (χ4n) is 2.28. The number of hydrogen-bond donors (Lipinski definition) is 1. The lowest BCUT2D eigenvalue weighted by Gasteiger charge is -2.11. The van der Waals surface area contributed by atoms with Crippen LogP contribution < -0.4 is 10.1 Å². The van der Waals surface area contributed by atoms with E-state index in [0.29, 0.717) is 17.9 Å². The van der Waals surface area contributed by atoms with Gasteiger partial charge in [0.25, 0.3) is 5.91 Å². The number of para-hydroxylation sites is 1. The third kappa shape index (κ3) is 4.61. The Morgan fingerprint density at radius 3 is 2.64 bits per heavy atom. The normalized spacial score (nSPS) is 10.5. The minimum Gasteiger partial charge on any atom is -0.486 e. The van der Waals surface area contributed by atoms with E-state index in [0.717, 1.165) is 21.3 Å². The number of aryl methyl sites for hydroxylation is 1. The Morgan fingerprint density at radius 1 is 1.20 bits per heavy atom. The largest absolute Gasteiger partial charge is 0.486 e. The second kappa shape index (κ2) is 8.18. The van der Waals surface area contributed by atoms with Crippen LogP contribution in [0.5, 0.6) is 5.75 Å². The average molecular weight is 370 g/mol. The summed E-state index contributed by atoms with van der Waals surface area (Å²) in [7, 11) is 0. The number of amides is 1. The first kappa shape index (κ1) is 17.5. The number of aromatic nitrogens is 1. The Balaban J connectivity index is 1.71. The zero-order valence-electron chi connectivity index (χ0n) is 14.0. The topological polar surface area (TPSA) is 51.2 Å². The summed E-state index contributed by atoms with van der Waals surface area (Å²) >= 11 is 3.25. The number of nitrogens with one attached hydrogen (secondary N) is 1. The molecule has 1 heterocycles. The summed E-state index contributed by atoms with van der Waals surface area (Å²) in [5.41, 5.74) is 2.13. The second-order valence-corrected chi connectivity index (χ2v) is 7.27. The standard InChI is InChI=1S/C19H18N2O2S2/c1-13-20-15(12-25-13)11-23-18-6-4-3-5-17(18)19(22)21-14-7-9-16(24-2)10-8-14/h3-10,12H,11H2,1-2H3,(H,21,22). The summed E-state index contributed by atoms with van der Waals surface area (Å²) in [6.45, 7) is 2.30. The molecule has 4 nitrogen and oxygen atoms in total. The maximum absolute atomic E-state index is 12.6. The quantitative estimate of drug-likeness (QED) is 0.620. The first-order chi connectivity index (χ1) is 12.2. The summed E-state index contributed by atoms with van der Waals surface area (Å²) in [5, 5.41) is 5.87. The van der Waals surface area contributed by atoms with Crippen LogP contribution >= 0.6 is 23.1 Å². The first-order valence-corrected chi connectivity index (χ1v) is 9.84. The molecule has 6 heteroatoms. The van der Waals surface area contributed by atoms with Crippen LogP contribution in [0.1, 0.15) is 21.1 Å². The number of thioether (sulfide) groups is 1. The Morgan fingerprint density at radius 2 is 1.96 bits per heavy atom. The molecule has 0 fully saturated rings. The average Bonchev–Trinajstić information content (AvgIpc) is 3.06. The fourth-order valence-corrected chi connectivity index (χ4v) is 3.28. The number of ether oxygens (including phenoxy) is 1. The zero-order chi connectivity index (χ0) is 17.6. The van der Waals surface area contributed by atoms with Crippen molar-refractivity contribution < 1.29 is 9.53 Å². The van der Waals surface area contributed by atoms with E-state index in [1.54, 1.807) is 35.2 Å². The lowest BCUT2D eigenvalue weighted by Crippen LogP contribution is -2.13. The minimum atomic E-state index is -0.193. The van der Waals surface area contributed by atoms with Crippen molar-refractivity contribution in [2.75, 3.05) is 11.6 Å². The Hall–Kier alpha value is -2.31. The van der Waals surface area contributed by atoms with Crippen LogP contribution in [-0.4, -0.2) is 17.1 Å². The highest BCUT2D eigenvalue weighted by Crippen LogP contribution is 2.22. The third-order valence-corrected chi connectivity index (χ3v) is 5.09. The molecule has 1 amide bonds. The number of nitrogens with zero attached hydrogens (tertiary/aromatic N) is 1. The summed E-state index contributed by atoms with van der Waals surface area (Å²) in [6.07, 6.45) is 2.02. The molecule has 0 saturated carbocycles. The van der Waals surface area contributed by atoms with Gasteiger partial charge in [-0.15, -0.1) is 23.1 Å². The molecule has 128 valence electrons. The van der Waals surface area contributed by atoms with Gasteiger partial charge in [0, 0.05) is 16.0 Å². The zero-order valence-corrected chi connectivity index (χ0v) is 15.6. The summed E-state index contributed by atoms with van der Waals surface area (Å²) in [4.78, 5) is 18.1.